The van der Waals surface area contributed by atoms with E-state index in [-0.39, 0.29) is 11.7 Å². The lowest BCUT2D eigenvalue weighted by atomic mass is 9.81. The molecule has 1 aromatic heterocycles. The molecule has 0 aliphatic carbocycles. The number of aromatic nitrogens is 1. The summed E-state index contributed by atoms with van der Waals surface area (Å²) in [6, 6.07) is 14.1. The SMILES string of the molecule is CN1C(=O)C(c2cc(Cl)cc(-c3ccccc3F)c2)(c2ccnc(CF)c2)N=C1N. The first-order valence-corrected chi connectivity index (χ1v) is 9.45. The number of hydrogen-bond acceptors (Lipinski definition) is 4. The number of pyridine rings is 1. The van der Waals surface area contributed by atoms with Crippen molar-refractivity contribution in [1.29, 1.82) is 0 Å². The van der Waals surface area contributed by atoms with E-state index in [2.05, 4.69) is 9.98 Å². The van der Waals surface area contributed by atoms with E-state index in [0.29, 0.717) is 27.3 Å². The molecule has 1 atom stereocenters. The van der Waals surface area contributed by atoms with Crippen molar-refractivity contribution in [2.75, 3.05) is 7.05 Å². The molecular weight excluding hydrogens is 410 g/mol. The molecule has 2 aromatic carbocycles. The molecule has 4 rings (SSSR count). The smallest absolute Gasteiger partial charge is 0.266 e. The Morgan fingerprint density at radius 1 is 1.13 bits per heavy atom. The fourth-order valence-electron chi connectivity index (χ4n) is 3.61. The lowest BCUT2D eigenvalue weighted by molar-refractivity contribution is -0.129. The highest BCUT2D eigenvalue weighted by molar-refractivity contribution is 6.31. The summed E-state index contributed by atoms with van der Waals surface area (Å²) < 4.78 is 27.7. The predicted octanol–water partition coefficient (Wildman–Crippen LogP) is 4.04. The van der Waals surface area contributed by atoms with Crippen molar-refractivity contribution >= 4 is 23.5 Å². The number of carbonyl (C=O) groups excluding carboxylic acids is 1. The van der Waals surface area contributed by atoms with Crippen molar-refractivity contribution < 1.29 is 13.6 Å². The van der Waals surface area contributed by atoms with Crippen molar-refractivity contribution in [1.82, 2.24) is 9.88 Å². The van der Waals surface area contributed by atoms with Gasteiger partial charge in [0.25, 0.3) is 5.91 Å². The fourth-order valence-corrected chi connectivity index (χ4v) is 3.84. The van der Waals surface area contributed by atoms with E-state index in [0.717, 1.165) is 0 Å². The molecule has 0 radical (unpaired) electrons. The number of halogens is 3. The number of guanidine groups is 1. The molecular formula is C22H17ClF2N4O. The van der Waals surface area contributed by atoms with Crippen LogP contribution >= 0.6 is 11.6 Å². The molecule has 0 spiro atoms. The Kier molecular flexibility index (Phi) is 4.99. The largest absolute Gasteiger partial charge is 0.369 e. The van der Waals surface area contributed by atoms with Crippen LogP contribution in [-0.2, 0) is 17.0 Å². The second kappa shape index (κ2) is 7.50. The van der Waals surface area contributed by atoms with E-state index in [9.17, 15) is 13.6 Å². The van der Waals surface area contributed by atoms with E-state index in [4.69, 9.17) is 17.3 Å². The lowest BCUT2D eigenvalue weighted by Crippen LogP contribution is -2.41. The van der Waals surface area contributed by atoms with Gasteiger partial charge in [-0.25, -0.2) is 13.8 Å². The lowest BCUT2D eigenvalue weighted by Gasteiger charge is -2.27. The van der Waals surface area contributed by atoms with Gasteiger partial charge in [-0.2, -0.15) is 0 Å². The normalized spacial score (nSPS) is 18.6. The van der Waals surface area contributed by atoms with Crippen molar-refractivity contribution in [3.8, 4) is 11.1 Å². The zero-order valence-corrected chi connectivity index (χ0v) is 16.7. The quantitative estimate of drug-likeness (QED) is 0.684. The van der Waals surface area contributed by atoms with Crippen LogP contribution in [0.5, 0.6) is 0 Å². The first kappa shape index (κ1) is 20.0. The van der Waals surface area contributed by atoms with Crippen LogP contribution in [0.4, 0.5) is 8.78 Å². The molecule has 1 aliphatic rings. The number of aliphatic imine (C=N–C) groups is 1. The molecule has 0 bridgehead atoms. The molecule has 2 N–H and O–H groups in total. The average Bonchev–Trinajstić information content (AvgIpc) is 2.98. The van der Waals surface area contributed by atoms with Crippen LogP contribution in [0.1, 0.15) is 16.8 Å². The molecule has 3 aromatic rings. The number of nitrogens with zero attached hydrogens (tertiary/aromatic N) is 3. The van der Waals surface area contributed by atoms with Gasteiger partial charge in [0.05, 0.1) is 5.69 Å². The van der Waals surface area contributed by atoms with Crippen LogP contribution in [0.25, 0.3) is 11.1 Å². The summed E-state index contributed by atoms with van der Waals surface area (Å²) in [4.78, 5) is 23.0. The number of carbonyl (C=O) groups is 1. The van der Waals surface area contributed by atoms with E-state index in [1.807, 2.05) is 0 Å². The maximum absolute atomic E-state index is 14.4. The standard InChI is InChI=1S/C22H17ClF2N4O/c1-29-20(30)22(28-21(29)26,14-6-7-27-17(11-14)12-24)15-8-13(9-16(23)10-15)18-4-2-3-5-19(18)25/h2-11H,12H2,1H3,(H2,26,28). The van der Waals surface area contributed by atoms with Crippen LogP contribution in [0, 0.1) is 5.82 Å². The van der Waals surface area contributed by atoms with Crippen LogP contribution in [0.15, 0.2) is 65.8 Å². The number of benzene rings is 2. The molecule has 0 saturated carbocycles. The van der Waals surface area contributed by atoms with Gasteiger partial charge in [0.2, 0.25) is 0 Å². The number of amides is 1. The Morgan fingerprint density at radius 2 is 1.90 bits per heavy atom. The van der Waals surface area contributed by atoms with Gasteiger partial charge in [-0.3, -0.25) is 14.7 Å². The van der Waals surface area contributed by atoms with E-state index in [1.54, 1.807) is 42.5 Å². The minimum Gasteiger partial charge on any atom is -0.369 e. The summed E-state index contributed by atoms with van der Waals surface area (Å²) in [5, 5.41) is 0.293. The van der Waals surface area contributed by atoms with Crippen molar-refractivity contribution in [2.45, 2.75) is 12.2 Å². The van der Waals surface area contributed by atoms with Gasteiger partial charge < -0.3 is 5.73 Å². The summed E-state index contributed by atoms with van der Waals surface area (Å²) in [7, 11) is 1.50. The third-order valence-corrected chi connectivity index (χ3v) is 5.33. The maximum Gasteiger partial charge on any atom is 0.266 e. The second-order valence-corrected chi connectivity index (χ2v) is 7.36. The molecule has 2 heterocycles. The van der Waals surface area contributed by atoms with Crippen LogP contribution in [0.2, 0.25) is 5.02 Å². The van der Waals surface area contributed by atoms with Crippen molar-refractivity contribution in [3.05, 3.63) is 88.5 Å². The Morgan fingerprint density at radius 3 is 2.57 bits per heavy atom. The number of likely N-dealkylation sites (N-methyl/N-ethyl adjacent to an activating group) is 1. The molecule has 0 saturated heterocycles. The van der Waals surface area contributed by atoms with Gasteiger partial charge in [0.1, 0.15) is 12.5 Å². The minimum atomic E-state index is -1.59. The van der Waals surface area contributed by atoms with Gasteiger partial charge in [0, 0.05) is 23.8 Å². The Hall–Kier alpha value is -3.32. The van der Waals surface area contributed by atoms with Crippen LogP contribution in [-0.4, -0.2) is 28.8 Å². The summed E-state index contributed by atoms with van der Waals surface area (Å²) in [5.41, 5.74) is 6.12. The van der Waals surface area contributed by atoms with Gasteiger partial charge in [-0.15, -0.1) is 0 Å². The van der Waals surface area contributed by atoms with E-state index in [1.165, 1.54) is 30.3 Å². The number of rotatable bonds is 4. The van der Waals surface area contributed by atoms with Gasteiger partial charge in [0.15, 0.2) is 11.5 Å². The Labute approximate surface area is 176 Å². The van der Waals surface area contributed by atoms with Gasteiger partial charge >= 0.3 is 0 Å². The number of hydrogen-bond donors (Lipinski definition) is 1. The summed E-state index contributed by atoms with van der Waals surface area (Å²) in [6.07, 6.45) is 1.41. The molecule has 1 unspecified atom stereocenters. The average molecular weight is 427 g/mol. The summed E-state index contributed by atoms with van der Waals surface area (Å²) in [5.74, 6) is -0.856. The minimum absolute atomic E-state index is 0.00558. The highest BCUT2D eigenvalue weighted by Crippen LogP contribution is 2.42. The zero-order valence-electron chi connectivity index (χ0n) is 15.9. The van der Waals surface area contributed by atoms with Gasteiger partial charge in [-0.1, -0.05) is 29.8 Å². The van der Waals surface area contributed by atoms with Crippen LogP contribution in [0.3, 0.4) is 0 Å². The first-order valence-electron chi connectivity index (χ1n) is 9.07. The molecule has 30 heavy (non-hydrogen) atoms. The zero-order chi connectivity index (χ0) is 21.5. The highest BCUT2D eigenvalue weighted by atomic mass is 35.5. The third-order valence-electron chi connectivity index (χ3n) is 5.11. The second-order valence-electron chi connectivity index (χ2n) is 6.92. The Bertz CT molecular complexity index is 1180. The molecule has 1 amide bonds. The summed E-state index contributed by atoms with van der Waals surface area (Å²) in [6.45, 7) is -0.802. The maximum atomic E-state index is 14.4. The van der Waals surface area contributed by atoms with E-state index >= 15 is 0 Å². The highest BCUT2D eigenvalue weighted by Gasteiger charge is 2.50. The third kappa shape index (κ3) is 3.11. The predicted molar refractivity (Wildman–Crippen MR) is 111 cm³/mol. The molecule has 5 nitrogen and oxygen atoms in total. The molecule has 8 heteroatoms. The number of alkyl halides is 1. The first-order chi connectivity index (χ1) is 14.4. The monoisotopic (exact) mass is 426 g/mol. The van der Waals surface area contributed by atoms with Crippen molar-refractivity contribution in [3.63, 3.8) is 0 Å². The fraction of sp³-hybridized carbons (Fsp3) is 0.136. The molecule has 1 aliphatic heterocycles. The topological polar surface area (TPSA) is 71.6 Å². The van der Waals surface area contributed by atoms with Crippen molar-refractivity contribution in [2.24, 2.45) is 10.7 Å². The van der Waals surface area contributed by atoms with Gasteiger partial charge in [-0.05, 0) is 53.1 Å². The summed E-state index contributed by atoms with van der Waals surface area (Å²) >= 11 is 6.36. The molecule has 0 fully saturated rings. The van der Waals surface area contributed by atoms with Crippen LogP contribution < -0.4 is 5.73 Å². The Balaban J connectivity index is 2.00. The number of nitrogens with two attached hydrogens (primary N) is 1. The van der Waals surface area contributed by atoms with E-state index < -0.39 is 23.9 Å². The molecule has 152 valence electrons.